The van der Waals surface area contributed by atoms with Crippen LogP contribution in [0, 0.1) is 12.8 Å². The molecule has 1 N–H and O–H groups in total. The molecule has 0 saturated heterocycles. The molecule has 4 heteroatoms. The fraction of sp³-hybridized carbons (Fsp3) is 0.636. The first-order valence-corrected chi connectivity index (χ1v) is 5.79. The number of halogens is 1. The van der Waals surface area contributed by atoms with Gasteiger partial charge in [0.1, 0.15) is 16.8 Å². The van der Waals surface area contributed by atoms with Gasteiger partial charge in [0.05, 0.1) is 0 Å². The summed E-state index contributed by atoms with van der Waals surface area (Å²) in [5.74, 6) is 2.46. The van der Waals surface area contributed by atoms with Crippen LogP contribution in [0.25, 0.3) is 0 Å². The lowest BCUT2D eigenvalue weighted by atomic mass is 10.3. The van der Waals surface area contributed by atoms with Crippen molar-refractivity contribution in [2.75, 3.05) is 5.32 Å². The lowest BCUT2D eigenvalue weighted by Crippen LogP contribution is -2.09. The van der Waals surface area contributed by atoms with Crippen molar-refractivity contribution in [2.45, 2.75) is 39.7 Å². The van der Waals surface area contributed by atoms with Gasteiger partial charge in [0.2, 0.25) is 0 Å². The molecule has 1 aromatic heterocycles. The Hall–Kier alpha value is -0.830. The predicted molar refractivity (Wildman–Crippen MR) is 62.3 cm³/mol. The standard InChI is InChI=1S/C11H16ClN3/c1-4-9-14-10(12)7(3)11(15-9)13-8-5-6(8)2/h6,8H,4-5H2,1-3H3,(H,13,14,15). The van der Waals surface area contributed by atoms with Crippen LogP contribution in [-0.4, -0.2) is 16.0 Å². The lowest BCUT2D eigenvalue weighted by molar-refractivity contribution is 0.894. The third-order valence-electron chi connectivity index (χ3n) is 2.88. The Labute approximate surface area is 95.3 Å². The summed E-state index contributed by atoms with van der Waals surface area (Å²) < 4.78 is 0. The molecule has 0 aliphatic heterocycles. The van der Waals surface area contributed by atoms with Gasteiger partial charge in [0, 0.05) is 18.0 Å². The van der Waals surface area contributed by atoms with Crippen molar-refractivity contribution in [1.29, 1.82) is 0 Å². The van der Waals surface area contributed by atoms with Crippen LogP contribution in [0.2, 0.25) is 5.15 Å². The first kappa shape index (κ1) is 10.7. The molecule has 2 unspecified atom stereocenters. The Morgan fingerprint density at radius 3 is 2.67 bits per heavy atom. The molecule has 2 rings (SSSR count). The second-order valence-electron chi connectivity index (χ2n) is 4.22. The number of nitrogens with zero attached hydrogens (tertiary/aromatic N) is 2. The molecular weight excluding hydrogens is 210 g/mol. The summed E-state index contributed by atoms with van der Waals surface area (Å²) in [6.07, 6.45) is 2.04. The van der Waals surface area contributed by atoms with Crippen molar-refractivity contribution in [2.24, 2.45) is 5.92 Å². The molecule has 0 aromatic carbocycles. The second-order valence-corrected chi connectivity index (χ2v) is 4.58. The quantitative estimate of drug-likeness (QED) is 0.804. The molecule has 1 heterocycles. The number of rotatable bonds is 3. The van der Waals surface area contributed by atoms with E-state index in [4.69, 9.17) is 11.6 Å². The fourth-order valence-corrected chi connectivity index (χ4v) is 1.72. The van der Waals surface area contributed by atoms with Crippen LogP contribution in [-0.2, 0) is 6.42 Å². The maximum atomic E-state index is 6.05. The summed E-state index contributed by atoms with van der Waals surface area (Å²) in [5, 5.41) is 3.98. The molecule has 2 atom stereocenters. The van der Waals surface area contributed by atoms with Gasteiger partial charge in [0.15, 0.2) is 0 Å². The van der Waals surface area contributed by atoms with Gasteiger partial charge in [-0.15, -0.1) is 0 Å². The molecule has 1 fully saturated rings. The monoisotopic (exact) mass is 225 g/mol. The fourth-order valence-electron chi connectivity index (χ4n) is 1.53. The van der Waals surface area contributed by atoms with E-state index in [2.05, 4.69) is 22.2 Å². The number of hydrogen-bond donors (Lipinski definition) is 1. The highest BCUT2D eigenvalue weighted by atomic mass is 35.5. The average Bonchev–Trinajstić information content (AvgIpc) is 2.89. The van der Waals surface area contributed by atoms with Crippen molar-refractivity contribution in [3.63, 3.8) is 0 Å². The van der Waals surface area contributed by atoms with Crippen molar-refractivity contribution in [1.82, 2.24) is 9.97 Å². The molecule has 15 heavy (non-hydrogen) atoms. The normalized spacial score (nSPS) is 24.0. The number of hydrogen-bond acceptors (Lipinski definition) is 3. The Bertz CT molecular complexity index is 378. The lowest BCUT2D eigenvalue weighted by Gasteiger charge is -2.10. The molecule has 1 aromatic rings. The van der Waals surface area contributed by atoms with E-state index in [9.17, 15) is 0 Å². The molecular formula is C11H16ClN3. The van der Waals surface area contributed by atoms with E-state index in [1.165, 1.54) is 6.42 Å². The topological polar surface area (TPSA) is 37.8 Å². The number of nitrogens with one attached hydrogen (secondary N) is 1. The van der Waals surface area contributed by atoms with Crippen molar-refractivity contribution < 1.29 is 0 Å². The predicted octanol–water partition coefficient (Wildman–Crippen LogP) is 2.82. The molecule has 0 amide bonds. The Balaban J connectivity index is 2.24. The zero-order valence-electron chi connectivity index (χ0n) is 9.34. The van der Waals surface area contributed by atoms with E-state index < -0.39 is 0 Å². The zero-order valence-corrected chi connectivity index (χ0v) is 10.1. The minimum Gasteiger partial charge on any atom is -0.367 e. The van der Waals surface area contributed by atoms with Crippen LogP contribution >= 0.6 is 11.6 Å². The minimum atomic E-state index is 0.567. The van der Waals surface area contributed by atoms with Gasteiger partial charge in [-0.1, -0.05) is 25.4 Å². The van der Waals surface area contributed by atoms with E-state index >= 15 is 0 Å². The van der Waals surface area contributed by atoms with Crippen LogP contribution in [0.1, 0.15) is 31.7 Å². The Kier molecular flexibility index (Phi) is 2.83. The van der Waals surface area contributed by atoms with E-state index in [0.29, 0.717) is 11.2 Å². The molecule has 3 nitrogen and oxygen atoms in total. The van der Waals surface area contributed by atoms with Gasteiger partial charge in [-0.05, 0) is 19.3 Å². The number of aryl methyl sites for hydroxylation is 1. The van der Waals surface area contributed by atoms with E-state index in [0.717, 1.165) is 29.5 Å². The summed E-state index contributed by atoms with van der Waals surface area (Å²) in [6.45, 7) is 6.22. The van der Waals surface area contributed by atoms with Crippen LogP contribution in [0.3, 0.4) is 0 Å². The number of anilines is 1. The average molecular weight is 226 g/mol. The third-order valence-corrected chi connectivity index (χ3v) is 3.25. The summed E-state index contributed by atoms with van der Waals surface area (Å²) >= 11 is 6.05. The van der Waals surface area contributed by atoms with E-state index in [1.807, 2.05) is 13.8 Å². The van der Waals surface area contributed by atoms with Crippen LogP contribution in [0.5, 0.6) is 0 Å². The summed E-state index contributed by atoms with van der Waals surface area (Å²) in [4.78, 5) is 8.67. The highest BCUT2D eigenvalue weighted by Gasteiger charge is 2.33. The SMILES string of the molecule is CCc1nc(Cl)c(C)c(NC2CC2C)n1. The maximum Gasteiger partial charge on any atom is 0.137 e. The molecule has 82 valence electrons. The van der Waals surface area contributed by atoms with Crippen LogP contribution in [0.15, 0.2) is 0 Å². The summed E-state index contributed by atoms with van der Waals surface area (Å²) in [7, 11) is 0. The molecule has 0 bridgehead atoms. The van der Waals surface area contributed by atoms with Crippen molar-refractivity contribution >= 4 is 17.4 Å². The zero-order chi connectivity index (χ0) is 11.0. The van der Waals surface area contributed by atoms with Crippen molar-refractivity contribution in [3.8, 4) is 0 Å². The molecule has 1 aliphatic rings. The largest absolute Gasteiger partial charge is 0.367 e. The van der Waals surface area contributed by atoms with Crippen LogP contribution in [0.4, 0.5) is 5.82 Å². The molecule has 0 spiro atoms. The molecule has 0 radical (unpaired) electrons. The summed E-state index contributed by atoms with van der Waals surface area (Å²) in [5.41, 5.74) is 0.952. The van der Waals surface area contributed by atoms with Gasteiger partial charge in [-0.3, -0.25) is 0 Å². The minimum absolute atomic E-state index is 0.567. The van der Waals surface area contributed by atoms with Gasteiger partial charge in [-0.2, -0.15) is 0 Å². The van der Waals surface area contributed by atoms with Gasteiger partial charge in [0.25, 0.3) is 0 Å². The first-order chi connectivity index (χ1) is 7.11. The Morgan fingerprint density at radius 2 is 2.13 bits per heavy atom. The Morgan fingerprint density at radius 1 is 1.47 bits per heavy atom. The first-order valence-electron chi connectivity index (χ1n) is 5.41. The van der Waals surface area contributed by atoms with Gasteiger partial charge in [-0.25, -0.2) is 9.97 Å². The third kappa shape index (κ3) is 2.23. The molecule has 1 saturated carbocycles. The molecule has 1 aliphatic carbocycles. The number of aromatic nitrogens is 2. The second kappa shape index (κ2) is 3.97. The summed E-state index contributed by atoms with van der Waals surface area (Å²) in [6, 6.07) is 0.569. The smallest absolute Gasteiger partial charge is 0.137 e. The van der Waals surface area contributed by atoms with E-state index in [-0.39, 0.29) is 0 Å². The van der Waals surface area contributed by atoms with Gasteiger partial charge < -0.3 is 5.32 Å². The maximum absolute atomic E-state index is 6.05. The van der Waals surface area contributed by atoms with E-state index in [1.54, 1.807) is 0 Å². The van der Waals surface area contributed by atoms with Crippen molar-refractivity contribution in [3.05, 3.63) is 16.5 Å². The highest BCUT2D eigenvalue weighted by Crippen LogP contribution is 2.33. The highest BCUT2D eigenvalue weighted by molar-refractivity contribution is 6.30. The van der Waals surface area contributed by atoms with Gasteiger partial charge >= 0.3 is 0 Å². The van der Waals surface area contributed by atoms with Crippen LogP contribution < -0.4 is 5.32 Å².